The summed E-state index contributed by atoms with van der Waals surface area (Å²) in [5.74, 6) is 3.94. The van der Waals surface area contributed by atoms with Crippen LogP contribution in [0.3, 0.4) is 0 Å². The molecular formula is C50H66O4. The fourth-order valence-corrected chi connectivity index (χ4v) is 9.31. The Labute approximate surface area is 327 Å². The number of phenolic OH excluding ortho intramolecular Hbond substituents is 1. The van der Waals surface area contributed by atoms with Gasteiger partial charge in [-0.25, -0.2) is 0 Å². The molecule has 0 saturated heterocycles. The van der Waals surface area contributed by atoms with Crippen LogP contribution in [-0.4, -0.2) is 24.6 Å². The average Bonchev–Trinajstić information content (AvgIpc) is 3.13. The standard InChI is InChI=1S/C50H66O4/c1-35(2)46(33-36(3)34-50(8,9)48(49(5,6)7)41-23-27-42(51)28-24-41)40-25-29-43(30-26-40)54-37(4)52-31-32-53-47-44(38-17-12-10-13-18-38)21-16-22-45(47)39-19-14-11-15-20-39/h10,12,14,16-17,19-30,35-37,46,48,51H,11,13,15,18,31-34H2,1-9H3. The van der Waals surface area contributed by atoms with Gasteiger partial charge in [0.25, 0.3) is 0 Å². The molecule has 4 atom stereocenters. The number of hydrogen-bond donors (Lipinski definition) is 1. The summed E-state index contributed by atoms with van der Waals surface area (Å²) in [6, 6.07) is 23.0. The van der Waals surface area contributed by atoms with Crippen LogP contribution >= 0.6 is 0 Å². The summed E-state index contributed by atoms with van der Waals surface area (Å²) in [5, 5.41) is 9.95. The largest absolute Gasteiger partial charge is 0.508 e. The van der Waals surface area contributed by atoms with Crippen molar-refractivity contribution in [2.24, 2.45) is 22.7 Å². The topological polar surface area (TPSA) is 47.9 Å². The van der Waals surface area contributed by atoms with Crippen molar-refractivity contribution >= 4 is 11.1 Å². The van der Waals surface area contributed by atoms with E-state index in [-0.39, 0.29) is 10.8 Å². The summed E-state index contributed by atoms with van der Waals surface area (Å²) >= 11 is 0. The van der Waals surface area contributed by atoms with Crippen LogP contribution in [0.5, 0.6) is 17.2 Å². The van der Waals surface area contributed by atoms with Gasteiger partial charge in [-0.05, 0) is 126 Å². The predicted molar refractivity (Wildman–Crippen MR) is 227 cm³/mol. The molecule has 0 fully saturated rings. The minimum atomic E-state index is -0.406. The number of rotatable bonds is 17. The van der Waals surface area contributed by atoms with E-state index >= 15 is 0 Å². The number of aromatic hydroxyl groups is 1. The van der Waals surface area contributed by atoms with Gasteiger partial charge in [-0.1, -0.05) is 134 Å². The van der Waals surface area contributed by atoms with Crippen LogP contribution in [0.2, 0.25) is 0 Å². The number of ether oxygens (including phenoxy) is 3. The molecule has 0 spiro atoms. The summed E-state index contributed by atoms with van der Waals surface area (Å²) in [6.45, 7) is 21.8. The Morgan fingerprint density at radius 2 is 1.46 bits per heavy atom. The van der Waals surface area contributed by atoms with Crippen LogP contribution < -0.4 is 9.47 Å². The average molecular weight is 731 g/mol. The number of allylic oxidation sites excluding steroid dienone is 8. The molecule has 1 N–H and O–H groups in total. The normalized spacial score (nSPS) is 17.1. The molecule has 0 aliphatic heterocycles. The Balaban J connectivity index is 1.17. The summed E-state index contributed by atoms with van der Waals surface area (Å²) in [4.78, 5) is 0. The van der Waals surface area contributed by atoms with Crippen molar-refractivity contribution in [2.75, 3.05) is 13.2 Å². The van der Waals surface area contributed by atoms with Crippen LogP contribution in [0, 0.1) is 22.7 Å². The van der Waals surface area contributed by atoms with Gasteiger partial charge in [0.1, 0.15) is 23.9 Å². The Bertz CT molecular complexity index is 1760. The van der Waals surface area contributed by atoms with Crippen molar-refractivity contribution in [3.8, 4) is 17.2 Å². The van der Waals surface area contributed by atoms with Gasteiger partial charge < -0.3 is 19.3 Å². The maximum atomic E-state index is 9.95. The van der Waals surface area contributed by atoms with E-state index in [4.69, 9.17) is 14.2 Å². The second-order valence-electron chi connectivity index (χ2n) is 17.7. The van der Waals surface area contributed by atoms with Gasteiger partial charge >= 0.3 is 0 Å². The number of hydrogen-bond acceptors (Lipinski definition) is 4. The molecule has 54 heavy (non-hydrogen) atoms. The highest BCUT2D eigenvalue weighted by atomic mass is 16.7. The maximum absolute atomic E-state index is 9.95. The number of benzene rings is 3. The van der Waals surface area contributed by atoms with Gasteiger partial charge in [-0.3, -0.25) is 0 Å². The lowest BCUT2D eigenvalue weighted by Gasteiger charge is -2.45. The van der Waals surface area contributed by atoms with Crippen LogP contribution in [0.25, 0.3) is 11.1 Å². The van der Waals surface area contributed by atoms with E-state index in [0.717, 1.165) is 55.6 Å². The van der Waals surface area contributed by atoms with Crippen molar-refractivity contribution in [3.63, 3.8) is 0 Å². The van der Waals surface area contributed by atoms with Crippen molar-refractivity contribution in [1.82, 2.24) is 0 Å². The molecule has 0 amide bonds. The third-order valence-corrected chi connectivity index (χ3v) is 11.2. The highest BCUT2D eigenvalue weighted by molar-refractivity contribution is 5.84. The van der Waals surface area contributed by atoms with Crippen LogP contribution in [0.15, 0.2) is 103 Å². The third kappa shape index (κ3) is 11.0. The van der Waals surface area contributed by atoms with Gasteiger partial charge in [0, 0.05) is 11.1 Å². The maximum Gasteiger partial charge on any atom is 0.197 e. The molecule has 0 aromatic heterocycles. The Morgan fingerprint density at radius 1 is 0.759 bits per heavy atom. The molecule has 0 saturated carbocycles. The fourth-order valence-electron chi connectivity index (χ4n) is 9.31. The van der Waals surface area contributed by atoms with E-state index in [0.29, 0.717) is 42.6 Å². The molecule has 4 heteroatoms. The first-order chi connectivity index (χ1) is 25.7. The second-order valence-corrected chi connectivity index (χ2v) is 17.7. The highest BCUT2D eigenvalue weighted by Crippen LogP contribution is 2.51. The molecule has 0 heterocycles. The van der Waals surface area contributed by atoms with E-state index < -0.39 is 6.29 Å². The third-order valence-electron chi connectivity index (χ3n) is 11.2. The second kappa shape index (κ2) is 18.5. The van der Waals surface area contributed by atoms with Gasteiger partial charge in [-0.15, -0.1) is 0 Å². The quantitative estimate of drug-likeness (QED) is 0.111. The van der Waals surface area contributed by atoms with E-state index in [9.17, 15) is 5.11 Å². The lowest BCUT2D eigenvalue weighted by Crippen LogP contribution is -2.34. The molecule has 0 bridgehead atoms. The van der Waals surface area contributed by atoms with Crippen molar-refractivity contribution < 1.29 is 19.3 Å². The summed E-state index contributed by atoms with van der Waals surface area (Å²) < 4.78 is 18.9. The van der Waals surface area contributed by atoms with Crippen molar-refractivity contribution in [3.05, 3.63) is 125 Å². The zero-order valence-corrected chi connectivity index (χ0v) is 34.5. The summed E-state index contributed by atoms with van der Waals surface area (Å²) in [6.07, 6.45) is 19.4. The highest BCUT2D eigenvalue weighted by Gasteiger charge is 2.40. The van der Waals surface area contributed by atoms with E-state index in [1.807, 2.05) is 19.1 Å². The first-order valence-corrected chi connectivity index (χ1v) is 20.4. The molecule has 4 nitrogen and oxygen atoms in total. The first-order valence-electron chi connectivity index (χ1n) is 20.4. The Hall–Kier alpha value is -4.02. The Morgan fingerprint density at radius 3 is 2.09 bits per heavy atom. The van der Waals surface area contributed by atoms with E-state index in [1.54, 1.807) is 0 Å². The van der Waals surface area contributed by atoms with Gasteiger partial charge in [0.2, 0.25) is 0 Å². The zero-order valence-electron chi connectivity index (χ0n) is 34.5. The SMILES string of the molecule is CC(CC(c1ccc(OC(C)OCCOc2c(C3=CCCC=C3)cccc2C2=CC=CCC2)cc1)C(C)C)CC(C)(C)C(c1ccc(O)cc1)C(C)(C)C. The zero-order chi connectivity index (χ0) is 38.9. The number of para-hydroxylation sites is 1. The van der Waals surface area contributed by atoms with Crippen LogP contribution in [0.4, 0.5) is 0 Å². The molecule has 3 aromatic carbocycles. The molecule has 5 rings (SSSR count). The summed E-state index contributed by atoms with van der Waals surface area (Å²) in [5.41, 5.74) is 7.68. The van der Waals surface area contributed by atoms with Gasteiger partial charge in [0.05, 0.1) is 6.61 Å². The predicted octanol–water partition coefficient (Wildman–Crippen LogP) is 13.7. The minimum absolute atomic E-state index is 0.0789. The lowest BCUT2D eigenvalue weighted by atomic mass is 9.60. The molecule has 2 aliphatic carbocycles. The lowest BCUT2D eigenvalue weighted by molar-refractivity contribution is -0.0739. The fraction of sp³-hybridized carbons (Fsp3) is 0.480. The van der Waals surface area contributed by atoms with Crippen molar-refractivity contribution in [2.45, 2.75) is 119 Å². The molecule has 3 aromatic rings. The van der Waals surface area contributed by atoms with Crippen LogP contribution in [0.1, 0.15) is 135 Å². The molecule has 4 unspecified atom stereocenters. The van der Waals surface area contributed by atoms with Gasteiger partial charge in [0.15, 0.2) is 6.29 Å². The van der Waals surface area contributed by atoms with E-state index in [1.165, 1.54) is 27.8 Å². The summed E-state index contributed by atoms with van der Waals surface area (Å²) in [7, 11) is 0. The first kappa shape index (κ1) is 41.1. The Kier molecular flexibility index (Phi) is 14.1. The smallest absolute Gasteiger partial charge is 0.197 e. The van der Waals surface area contributed by atoms with Crippen molar-refractivity contribution in [1.29, 1.82) is 0 Å². The van der Waals surface area contributed by atoms with Crippen LogP contribution in [-0.2, 0) is 4.74 Å². The minimum Gasteiger partial charge on any atom is -0.508 e. The van der Waals surface area contributed by atoms with E-state index in [2.05, 4.69) is 146 Å². The number of phenols is 1. The monoisotopic (exact) mass is 730 g/mol. The van der Waals surface area contributed by atoms with Gasteiger partial charge in [-0.2, -0.15) is 0 Å². The molecule has 2 aliphatic rings. The molecular weight excluding hydrogens is 665 g/mol. The molecule has 0 radical (unpaired) electrons. The molecule has 290 valence electrons.